The van der Waals surface area contributed by atoms with Crippen molar-refractivity contribution in [1.29, 1.82) is 0 Å². The van der Waals surface area contributed by atoms with E-state index in [0.717, 1.165) is 32.5 Å². The van der Waals surface area contributed by atoms with Crippen LogP contribution in [0.5, 0.6) is 0 Å². The molecule has 0 radical (unpaired) electrons. The van der Waals surface area contributed by atoms with Crippen molar-refractivity contribution in [3.05, 3.63) is 10.1 Å². The summed E-state index contributed by atoms with van der Waals surface area (Å²) in [5.74, 6) is 0. The molecule has 0 aliphatic rings. The van der Waals surface area contributed by atoms with Crippen LogP contribution in [0.2, 0.25) is 0 Å². The molecule has 0 aromatic heterocycles. The fourth-order valence-corrected chi connectivity index (χ4v) is 3.90. The Labute approximate surface area is 198 Å². The smallest absolute Gasteiger partial charge is 0.291 e. The Hall–Kier alpha value is -0.920. The van der Waals surface area contributed by atoms with E-state index in [1.165, 1.54) is 103 Å². The first-order valence-electron chi connectivity index (χ1n) is 13.3. The summed E-state index contributed by atoms with van der Waals surface area (Å²) in [6.45, 7) is 5.26. The highest BCUT2D eigenvalue weighted by Gasteiger charge is 2.04. The van der Waals surface area contributed by atoms with Crippen LogP contribution in [-0.2, 0) is 0 Å². The highest BCUT2D eigenvalue weighted by molar-refractivity contribution is 4.60. The largest absolute Gasteiger partial charge is 0.392 e. The summed E-state index contributed by atoms with van der Waals surface area (Å²) in [6.07, 6.45) is 24.7. The monoisotopic (exact) mass is 461 g/mol. The summed E-state index contributed by atoms with van der Waals surface area (Å²) < 4.78 is 0. The number of nitrogens with one attached hydrogen (secondary N) is 1. The third kappa shape index (κ3) is 36.5. The molecule has 1 atom stereocenters. The molecule has 0 amide bonds. The second kappa shape index (κ2) is 28.1. The van der Waals surface area contributed by atoms with Crippen LogP contribution in [0.1, 0.15) is 122 Å². The molecule has 0 saturated heterocycles. The summed E-state index contributed by atoms with van der Waals surface area (Å²) in [5.41, 5.74) is 0. The van der Waals surface area contributed by atoms with Crippen LogP contribution in [0.15, 0.2) is 0 Å². The second-order valence-corrected chi connectivity index (χ2v) is 9.35. The lowest BCUT2D eigenvalue weighted by Crippen LogP contribution is -2.27. The topological polar surface area (TPSA) is 98.9 Å². The molecule has 7 nitrogen and oxygen atoms in total. The molecule has 3 N–H and O–H groups in total. The lowest BCUT2D eigenvalue weighted by Gasteiger charge is -2.15. The average Bonchev–Trinajstić information content (AvgIpc) is 2.71. The third-order valence-corrected chi connectivity index (χ3v) is 5.67. The summed E-state index contributed by atoms with van der Waals surface area (Å²) in [4.78, 5) is 10.4. The van der Waals surface area contributed by atoms with E-state index in [0.29, 0.717) is 0 Å². The van der Waals surface area contributed by atoms with Gasteiger partial charge in [-0.2, -0.15) is 0 Å². The number of nitrogens with zero attached hydrogens (tertiary/aromatic N) is 2. The van der Waals surface area contributed by atoms with Crippen molar-refractivity contribution in [2.45, 2.75) is 129 Å². The molecule has 0 aliphatic heterocycles. The Kier molecular flexibility index (Phi) is 29.2. The van der Waals surface area contributed by atoms with E-state index in [1.807, 2.05) is 14.1 Å². The highest BCUT2D eigenvalue weighted by atomic mass is 16.9. The van der Waals surface area contributed by atoms with E-state index in [4.69, 9.17) is 15.3 Å². The molecule has 0 fully saturated rings. The standard InChI is InChI=1S/C25H54N2O.HNO3/c1-4-5-6-7-8-9-10-11-12-13-14-15-16-17-18-19-22-26-23-20-21-25(28)24-27(2)3;2-1(3)4/h25-26,28H,4-24H2,1-3H3;(H,2,3,4). The van der Waals surface area contributed by atoms with Gasteiger partial charge in [0.05, 0.1) is 6.10 Å². The van der Waals surface area contributed by atoms with E-state index < -0.39 is 5.09 Å². The van der Waals surface area contributed by atoms with Gasteiger partial charge >= 0.3 is 0 Å². The van der Waals surface area contributed by atoms with Crippen molar-refractivity contribution >= 4 is 0 Å². The first-order chi connectivity index (χ1) is 15.4. The lowest BCUT2D eigenvalue weighted by atomic mass is 10.0. The molecule has 0 heterocycles. The minimum atomic E-state index is -1.50. The Morgan fingerprint density at radius 2 is 1.09 bits per heavy atom. The van der Waals surface area contributed by atoms with Crippen molar-refractivity contribution in [2.24, 2.45) is 0 Å². The molecule has 194 valence electrons. The van der Waals surface area contributed by atoms with Crippen LogP contribution in [0.4, 0.5) is 0 Å². The highest BCUT2D eigenvalue weighted by Crippen LogP contribution is 2.13. The summed E-state index contributed by atoms with van der Waals surface area (Å²) in [5, 5.41) is 27.0. The van der Waals surface area contributed by atoms with Gasteiger partial charge in [0.15, 0.2) is 0 Å². The van der Waals surface area contributed by atoms with Gasteiger partial charge < -0.3 is 20.5 Å². The van der Waals surface area contributed by atoms with Crippen molar-refractivity contribution in [2.75, 3.05) is 33.7 Å². The van der Waals surface area contributed by atoms with Gasteiger partial charge in [0.1, 0.15) is 0 Å². The van der Waals surface area contributed by atoms with E-state index in [2.05, 4.69) is 17.1 Å². The average molecular weight is 462 g/mol. The number of aliphatic hydroxyl groups excluding tert-OH is 1. The number of unbranched alkanes of at least 4 members (excludes halogenated alkanes) is 15. The molecule has 0 aromatic carbocycles. The quantitative estimate of drug-likeness (QED) is 0.0952. The molecule has 0 aromatic rings. The molecule has 32 heavy (non-hydrogen) atoms. The first-order valence-corrected chi connectivity index (χ1v) is 13.3. The zero-order valence-electron chi connectivity index (χ0n) is 21.5. The summed E-state index contributed by atoms with van der Waals surface area (Å²) in [7, 11) is 4.03. The summed E-state index contributed by atoms with van der Waals surface area (Å²) in [6, 6.07) is 0. The zero-order valence-corrected chi connectivity index (χ0v) is 21.5. The van der Waals surface area contributed by atoms with Gasteiger partial charge in [0.2, 0.25) is 0 Å². The van der Waals surface area contributed by atoms with Gasteiger partial charge in [-0.25, -0.2) is 0 Å². The molecule has 0 spiro atoms. The SMILES string of the molecule is CCCCCCCCCCCCCCCCCCNCCCC(O)CN(C)C.O=[N+]([O-])O. The third-order valence-electron chi connectivity index (χ3n) is 5.67. The van der Waals surface area contributed by atoms with Crippen molar-refractivity contribution < 1.29 is 15.4 Å². The van der Waals surface area contributed by atoms with Crippen molar-refractivity contribution in [3.63, 3.8) is 0 Å². The molecule has 0 saturated carbocycles. The first kappa shape index (κ1) is 33.3. The van der Waals surface area contributed by atoms with Gasteiger partial charge in [0, 0.05) is 6.54 Å². The van der Waals surface area contributed by atoms with Crippen LogP contribution in [-0.4, -0.2) is 60.1 Å². The Morgan fingerprint density at radius 1 is 0.750 bits per heavy atom. The van der Waals surface area contributed by atoms with Gasteiger partial charge in [-0.05, 0) is 46.4 Å². The van der Waals surface area contributed by atoms with Gasteiger partial charge in [-0.3, -0.25) is 0 Å². The van der Waals surface area contributed by atoms with E-state index in [-0.39, 0.29) is 6.10 Å². The van der Waals surface area contributed by atoms with E-state index >= 15 is 0 Å². The molecule has 7 heteroatoms. The predicted octanol–water partition coefficient (Wildman–Crippen LogP) is 6.19. The summed E-state index contributed by atoms with van der Waals surface area (Å²) >= 11 is 0. The van der Waals surface area contributed by atoms with E-state index in [9.17, 15) is 5.11 Å². The van der Waals surface area contributed by atoms with E-state index in [1.54, 1.807) is 0 Å². The molecule has 0 rings (SSSR count). The van der Waals surface area contributed by atoms with Crippen LogP contribution in [0.25, 0.3) is 0 Å². The molecular weight excluding hydrogens is 406 g/mol. The number of likely N-dealkylation sites (N-methyl/N-ethyl adjacent to an activating group) is 1. The van der Waals surface area contributed by atoms with Crippen LogP contribution < -0.4 is 5.32 Å². The molecule has 0 aliphatic carbocycles. The number of aliphatic hydroxyl groups is 1. The zero-order chi connectivity index (χ0) is 24.3. The minimum absolute atomic E-state index is 0.174. The normalized spacial score (nSPS) is 11.9. The maximum Gasteiger partial charge on any atom is 0.291 e. The van der Waals surface area contributed by atoms with Crippen LogP contribution in [0, 0.1) is 10.1 Å². The molecule has 0 bridgehead atoms. The Balaban J connectivity index is 0. The Morgan fingerprint density at radius 3 is 1.47 bits per heavy atom. The molecule has 1 unspecified atom stereocenters. The maximum absolute atomic E-state index is 9.80. The fraction of sp³-hybridized carbons (Fsp3) is 1.00. The minimum Gasteiger partial charge on any atom is -0.392 e. The van der Waals surface area contributed by atoms with Gasteiger partial charge in [0.25, 0.3) is 5.09 Å². The second-order valence-electron chi connectivity index (χ2n) is 9.35. The number of hydrogen-bond acceptors (Lipinski definition) is 5. The number of hydrogen-bond donors (Lipinski definition) is 3. The predicted molar refractivity (Wildman–Crippen MR) is 135 cm³/mol. The lowest BCUT2D eigenvalue weighted by molar-refractivity contribution is -0.742. The van der Waals surface area contributed by atoms with Crippen LogP contribution >= 0.6 is 0 Å². The maximum atomic E-state index is 9.80. The fourth-order valence-electron chi connectivity index (χ4n) is 3.90. The number of rotatable bonds is 23. The van der Waals surface area contributed by atoms with Crippen LogP contribution in [0.3, 0.4) is 0 Å². The van der Waals surface area contributed by atoms with Crippen molar-refractivity contribution in [3.8, 4) is 0 Å². The van der Waals surface area contributed by atoms with Gasteiger partial charge in [-0.1, -0.05) is 103 Å². The molecular formula is C25H55N3O4. The Bertz CT molecular complexity index is 367. The van der Waals surface area contributed by atoms with Gasteiger partial charge in [-0.15, -0.1) is 10.1 Å². The van der Waals surface area contributed by atoms with Crippen molar-refractivity contribution in [1.82, 2.24) is 10.2 Å².